The van der Waals surface area contributed by atoms with E-state index in [-0.39, 0.29) is 4.83 Å². The third kappa shape index (κ3) is 4.78. The van der Waals surface area contributed by atoms with Gasteiger partial charge in [-0.05, 0) is 12.8 Å². The number of hydrogen-bond donors (Lipinski definition) is 0. The molecule has 0 radical (unpaired) electrons. The lowest BCUT2D eigenvalue weighted by molar-refractivity contribution is -0.107. The number of halogens is 2. The first-order valence-corrected chi connectivity index (χ1v) is 4.50. The van der Waals surface area contributed by atoms with Crippen molar-refractivity contribution in [3.63, 3.8) is 0 Å². The Labute approximate surface area is 66.1 Å². The Morgan fingerprint density at radius 1 is 1.62 bits per heavy atom. The first-order valence-electron chi connectivity index (χ1n) is 2.46. The fourth-order valence-corrected chi connectivity index (χ4v) is 0.988. The van der Waals surface area contributed by atoms with Gasteiger partial charge < -0.3 is 4.79 Å². The molecule has 3 heteroatoms. The zero-order valence-corrected chi connectivity index (χ0v) is 7.61. The molecule has 1 nitrogen and oxygen atoms in total. The molecule has 0 aliphatic carbocycles. The summed E-state index contributed by atoms with van der Waals surface area (Å²) in [6, 6.07) is 0. The zero-order chi connectivity index (χ0) is 6.41. The number of carbonyl (C=O) groups is 1. The largest absolute Gasteiger partial charge is 0.302 e. The highest BCUT2D eigenvalue weighted by Gasteiger charge is 1.97. The van der Waals surface area contributed by atoms with Crippen LogP contribution in [0.3, 0.4) is 0 Å². The van der Waals surface area contributed by atoms with Crippen molar-refractivity contribution in [3.05, 3.63) is 0 Å². The molecule has 0 aromatic rings. The molecule has 48 valence electrons. The fraction of sp³-hybridized carbons (Fsp3) is 0.800. The van der Waals surface area contributed by atoms with E-state index in [1.54, 1.807) is 0 Å². The Hall–Kier alpha value is 0.630. The summed E-state index contributed by atoms with van der Waals surface area (Å²) in [4.78, 5) is 10.0. The molecule has 0 amide bonds. The second-order valence-corrected chi connectivity index (χ2v) is 3.45. The Morgan fingerprint density at radius 2 is 2.25 bits per heavy atom. The van der Waals surface area contributed by atoms with Crippen molar-refractivity contribution in [1.29, 1.82) is 0 Å². The summed E-state index contributed by atoms with van der Waals surface area (Å²) < 4.78 is 0. The Morgan fingerprint density at radius 3 is 2.62 bits per heavy atom. The molecule has 0 fully saturated rings. The normalized spacial score (nSPS) is 13.2. The van der Waals surface area contributed by atoms with Crippen molar-refractivity contribution >= 4 is 38.1 Å². The molecule has 1 atom stereocenters. The van der Waals surface area contributed by atoms with Gasteiger partial charge in [-0.2, -0.15) is 0 Å². The standard InChI is InChI=1S/C5H8Br2O/c6-3-1-2-5(7)4-8/h4-5H,1-3H2. The van der Waals surface area contributed by atoms with Gasteiger partial charge in [0, 0.05) is 5.33 Å². The Kier molecular flexibility index (Phi) is 6.21. The SMILES string of the molecule is O=CC(Br)CCCBr. The van der Waals surface area contributed by atoms with Gasteiger partial charge in [-0.25, -0.2) is 0 Å². The summed E-state index contributed by atoms with van der Waals surface area (Å²) in [5.74, 6) is 0. The van der Waals surface area contributed by atoms with E-state index in [9.17, 15) is 4.79 Å². The minimum Gasteiger partial charge on any atom is -0.302 e. The molecule has 0 aliphatic rings. The summed E-state index contributed by atoms with van der Waals surface area (Å²) in [7, 11) is 0. The van der Waals surface area contributed by atoms with Crippen LogP contribution in [0, 0.1) is 0 Å². The third-order valence-corrected chi connectivity index (χ3v) is 2.00. The second kappa shape index (κ2) is 5.76. The predicted octanol–water partition coefficient (Wildman–Crippen LogP) is 2.12. The average molecular weight is 244 g/mol. The van der Waals surface area contributed by atoms with E-state index in [2.05, 4.69) is 31.9 Å². The van der Waals surface area contributed by atoms with Crippen molar-refractivity contribution in [2.45, 2.75) is 17.7 Å². The molecule has 0 bridgehead atoms. The van der Waals surface area contributed by atoms with Crippen LogP contribution < -0.4 is 0 Å². The van der Waals surface area contributed by atoms with Gasteiger partial charge in [0.1, 0.15) is 6.29 Å². The molecule has 0 aliphatic heterocycles. The van der Waals surface area contributed by atoms with Crippen molar-refractivity contribution in [3.8, 4) is 0 Å². The monoisotopic (exact) mass is 242 g/mol. The van der Waals surface area contributed by atoms with E-state index in [1.807, 2.05) is 0 Å². The Balaban J connectivity index is 2.98. The molecular weight excluding hydrogens is 236 g/mol. The van der Waals surface area contributed by atoms with E-state index in [0.29, 0.717) is 0 Å². The lowest BCUT2D eigenvalue weighted by Gasteiger charge is -1.95. The van der Waals surface area contributed by atoms with E-state index < -0.39 is 0 Å². The quantitative estimate of drug-likeness (QED) is 0.546. The highest BCUT2D eigenvalue weighted by Crippen LogP contribution is 2.05. The van der Waals surface area contributed by atoms with Crippen molar-refractivity contribution in [2.24, 2.45) is 0 Å². The second-order valence-electron chi connectivity index (χ2n) is 1.48. The highest BCUT2D eigenvalue weighted by atomic mass is 79.9. The molecule has 1 unspecified atom stereocenters. The van der Waals surface area contributed by atoms with Gasteiger partial charge in [0.2, 0.25) is 0 Å². The molecule has 8 heavy (non-hydrogen) atoms. The molecule has 0 spiro atoms. The maximum atomic E-state index is 9.95. The third-order valence-electron chi connectivity index (χ3n) is 0.761. The first-order chi connectivity index (χ1) is 3.81. The maximum Gasteiger partial charge on any atom is 0.133 e. The minimum absolute atomic E-state index is 0.0556. The van der Waals surface area contributed by atoms with Gasteiger partial charge in [0.15, 0.2) is 0 Å². The number of aldehydes is 1. The lowest BCUT2D eigenvalue weighted by Crippen LogP contribution is -1.97. The van der Waals surface area contributed by atoms with Crippen LogP contribution in [0.15, 0.2) is 0 Å². The molecule has 0 saturated carbocycles. The van der Waals surface area contributed by atoms with Crippen molar-refractivity contribution in [2.75, 3.05) is 5.33 Å². The summed E-state index contributed by atoms with van der Waals surface area (Å²) in [5, 5.41) is 0.975. The maximum absolute atomic E-state index is 9.95. The van der Waals surface area contributed by atoms with Gasteiger partial charge in [0.05, 0.1) is 4.83 Å². The van der Waals surface area contributed by atoms with Crippen LogP contribution in [-0.2, 0) is 4.79 Å². The summed E-state index contributed by atoms with van der Waals surface area (Å²) in [6.45, 7) is 0. The van der Waals surface area contributed by atoms with Gasteiger partial charge in [-0.1, -0.05) is 31.9 Å². The number of rotatable bonds is 4. The van der Waals surface area contributed by atoms with Gasteiger partial charge in [0.25, 0.3) is 0 Å². The zero-order valence-electron chi connectivity index (χ0n) is 4.44. The number of carbonyl (C=O) groups excluding carboxylic acids is 1. The van der Waals surface area contributed by atoms with Crippen LogP contribution in [0.25, 0.3) is 0 Å². The molecule has 0 aromatic heterocycles. The van der Waals surface area contributed by atoms with Gasteiger partial charge >= 0.3 is 0 Å². The predicted molar refractivity (Wildman–Crippen MR) is 41.8 cm³/mol. The highest BCUT2D eigenvalue weighted by molar-refractivity contribution is 9.10. The van der Waals surface area contributed by atoms with Crippen LogP contribution in [-0.4, -0.2) is 16.4 Å². The van der Waals surface area contributed by atoms with E-state index in [4.69, 9.17) is 0 Å². The van der Waals surface area contributed by atoms with Gasteiger partial charge in [-0.3, -0.25) is 0 Å². The molecule has 0 heterocycles. The summed E-state index contributed by atoms with van der Waals surface area (Å²) in [6.07, 6.45) is 2.89. The van der Waals surface area contributed by atoms with Crippen LogP contribution in [0.1, 0.15) is 12.8 Å². The topological polar surface area (TPSA) is 17.1 Å². The van der Waals surface area contributed by atoms with Gasteiger partial charge in [-0.15, -0.1) is 0 Å². The van der Waals surface area contributed by atoms with E-state index in [0.717, 1.165) is 24.5 Å². The molecule has 0 saturated heterocycles. The van der Waals surface area contributed by atoms with E-state index in [1.165, 1.54) is 0 Å². The van der Waals surface area contributed by atoms with Crippen molar-refractivity contribution < 1.29 is 4.79 Å². The molecule has 0 rings (SSSR count). The molecule has 0 N–H and O–H groups in total. The number of hydrogen-bond acceptors (Lipinski definition) is 1. The summed E-state index contributed by atoms with van der Waals surface area (Å²) in [5.41, 5.74) is 0. The van der Waals surface area contributed by atoms with Crippen LogP contribution in [0.2, 0.25) is 0 Å². The first kappa shape index (κ1) is 8.63. The van der Waals surface area contributed by atoms with Crippen molar-refractivity contribution in [1.82, 2.24) is 0 Å². The van der Waals surface area contributed by atoms with E-state index >= 15 is 0 Å². The summed E-state index contributed by atoms with van der Waals surface area (Å²) >= 11 is 6.46. The van der Waals surface area contributed by atoms with Crippen LogP contribution >= 0.6 is 31.9 Å². The Bertz CT molecular complexity index is 65.4. The fourth-order valence-electron chi connectivity index (χ4n) is 0.340. The van der Waals surface area contributed by atoms with Crippen LogP contribution in [0.4, 0.5) is 0 Å². The minimum atomic E-state index is 0.0556. The number of alkyl halides is 2. The smallest absolute Gasteiger partial charge is 0.133 e. The molecular formula is C5H8Br2O. The molecule has 0 aromatic carbocycles. The average Bonchev–Trinajstić information content (AvgIpc) is 1.83. The van der Waals surface area contributed by atoms with Crippen LogP contribution in [0.5, 0.6) is 0 Å². The lowest BCUT2D eigenvalue weighted by atomic mass is 10.3.